The molecule has 2 fully saturated rings. The second kappa shape index (κ2) is 5.51. The molecule has 23 heavy (non-hydrogen) atoms. The van der Waals surface area contributed by atoms with Crippen molar-refractivity contribution in [2.45, 2.75) is 32.6 Å². The van der Waals surface area contributed by atoms with Gasteiger partial charge in [-0.3, -0.25) is 4.79 Å². The van der Waals surface area contributed by atoms with Crippen LogP contribution in [0.1, 0.15) is 32.6 Å². The standard InChI is InChI=1S/C17H23N5O/c1-2-3-14(23)21-8-9-22(11-17(10-21)5-6-17)16-13-4-7-18-15(13)19-12-20-16/h4,7,12H,2-3,5-6,8-11H2,1H3,(H,18,19,20). The normalized spacial score (nSPS) is 20.0. The molecule has 6 nitrogen and oxygen atoms in total. The van der Waals surface area contributed by atoms with Crippen LogP contribution >= 0.6 is 0 Å². The summed E-state index contributed by atoms with van der Waals surface area (Å²) in [5, 5.41) is 1.07. The summed E-state index contributed by atoms with van der Waals surface area (Å²) in [5.41, 5.74) is 1.15. The van der Waals surface area contributed by atoms with Gasteiger partial charge in [0, 0.05) is 44.2 Å². The third kappa shape index (κ3) is 2.66. The Kier molecular flexibility index (Phi) is 3.47. The maximum Gasteiger partial charge on any atom is 0.222 e. The zero-order chi connectivity index (χ0) is 15.9. The van der Waals surface area contributed by atoms with Crippen LogP contribution in [0.5, 0.6) is 0 Å². The van der Waals surface area contributed by atoms with Crippen molar-refractivity contribution in [1.82, 2.24) is 19.9 Å². The van der Waals surface area contributed by atoms with E-state index in [0.29, 0.717) is 12.3 Å². The summed E-state index contributed by atoms with van der Waals surface area (Å²) in [7, 11) is 0. The van der Waals surface area contributed by atoms with Gasteiger partial charge in [0.05, 0.1) is 5.39 Å². The van der Waals surface area contributed by atoms with Crippen molar-refractivity contribution >= 4 is 22.8 Å². The van der Waals surface area contributed by atoms with Crippen molar-refractivity contribution in [2.75, 3.05) is 31.1 Å². The molecule has 1 saturated heterocycles. The zero-order valence-corrected chi connectivity index (χ0v) is 13.6. The van der Waals surface area contributed by atoms with Crippen LogP contribution in [0.25, 0.3) is 11.0 Å². The molecule has 2 aromatic rings. The Labute approximate surface area is 135 Å². The number of aromatic amines is 1. The van der Waals surface area contributed by atoms with Crippen LogP contribution in [0.2, 0.25) is 0 Å². The fourth-order valence-corrected chi connectivity index (χ4v) is 3.63. The van der Waals surface area contributed by atoms with Gasteiger partial charge in [-0.1, -0.05) is 6.92 Å². The monoisotopic (exact) mass is 313 g/mol. The molecule has 1 aliphatic carbocycles. The molecule has 0 radical (unpaired) electrons. The SMILES string of the molecule is CCCC(=O)N1CCN(c2ncnc3[nH]ccc23)CC2(CC2)C1. The second-order valence-corrected chi connectivity index (χ2v) is 6.92. The molecule has 0 bridgehead atoms. The second-order valence-electron chi connectivity index (χ2n) is 6.92. The van der Waals surface area contributed by atoms with E-state index in [4.69, 9.17) is 0 Å². The summed E-state index contributed by atoms with van der Waals surface area (Å²) in [6.07, 6.45) is 7.53. The Hall–Kier alpha value is -2.11. The van der Waals surface area contributed by atoms with Gasteiger partial charge in [-0.05, 0) is 25.3 Å². The predicted octanol–water partition coefficient (Wildman–Crippen LogP) is 2.19. The number of rotatable bonds is 3. The zero-order valence-electron chi connectivity index (χ0n) is 13.6. The summed E-state index contributed by atoms with van der Waals surface area (Å²) in [6.45, 7) is 5.59. The molecular weight excluding hydrogens is 290 g/mol. The summed E-state index contributed by atoms with van der Waals surface area (Å²) in [5.74, 6) is 1.29. The van der Waals surface area contributed by atoms with Crippen molar-refractivity contribution in [2.24, 2.45) is 5.41 Å². The van der Waals surface area contributed by atoms with E-state index in [1.165, 1.54) is 12.8 Å². The highest BCUT2D eigenvalue weighted by Crippen LogP contribution is 2.48. The van der Waals surface area contributed by atoms with Gasteiger partial charge in [0.2, 0.25) is 5.91 Å². The number of anilines is 1. The molecule has 122 valence electrons. The maximum atomic E-state index is 12.4. The van der Waals surface area contributed by atoms with Gasteiger partial charge in [-0.15, -0.1) is 0 Å². The largest absolute Gasteiger partial charge is 0.354 e. The van der Waals surface area contributed by atoms with Crippen molar-refractivity contribution < 1.29 is 4.79 Å². The Bertz CT molecular complexity index is 721. The molecular formula is C17H23N5O. The minimum atomic E-state index is 0.271. The summed E-state index contributed by atoms with van der Waals surface area (Å²) in [6, 6.07) is 2.04. The number of carbonyl (C=O) groups is 1. The van der Waals surface area contributed by atoms with Crippen LogP contribution in [0.4, 0.5) is 5.82 Å². The van der Waals surface area contributed by atoms with E-state index in [9.17, 15) is 4.79 Å². The van der Waals surface area contributed by atoms with E-state index in [1.807, 2.05) is 12.3 Å². The molecule has 0 atom stereocenters. The van der Waals surface area contributed by atoms with Gasteiger partial charge in [-0.25, -0.2) is 9.97 Å². The summed E-state index contributed by atoms with van der Waals surface area (Å²) < 4.78 is 0. The minimum Gasteiger partial charge on any atom is -0.354 e. The lowest BCUT2D eigenvalue weighted by Crippen LogP contribution is -2.36. The van der Waals surface area contributed by atoms with Crippen molar-refractivity contribution in [1.29, 1.82) is 0 Å². The molecule has 1 saturated carbocycles. The van der Waals surface area contributed by atoms with Crippen molar-refractivity contribution in [3.8, 4) is 0 Å². The third-order valence-corrected chi connectivity index (χ3v) is 5.10. The highest BCUT2D eigenvalue weighted by molar-refractivity contribution is 5.87. The summed E-state index contributed by atoms with van der Waals surface area (Å²) in [4.78, 5) is 28.8. The lowest BCUT2D eigenvalue weighted by Gasteiger charge is -2.25. The number of hydrogen-bond donors (Lipinski definition) is 1. The number of amides is 1. The molecule has 2 aliphatic rings. The number of nitrogens with zero attached hydrogens (tertiary/aromatic N) is 4. The van der Waals surface area contributed by atoms with Gasteiger partial charge < -0.3 is 14.8 Å². The number of carbonyl (C=O) groups excluding carboxylic acids is 1. The smallest absolute Gasteiger partial charge is 0.222 e. The third-order valence-electron chi connectivity index (χ3n) is 5.10. The molecule has 0 aromatic carbocycles. The van der Waals surface area contributed by atoms with E-state index in [-0.39, 0.29) is 5.41 Å². The molecule has 6 heteroatoms. The molecule has 3 heterocycles. The van der Waals surface area contributed by atoms with Gasteiger partial charge in [0.25, 0.3) is 0 Å². The fourth-order valence-electron chi connectivity index (χ4n) is 3.63. The van der Waals surface area contributed by atoms with Crippen LogP contribution < -0.4 is 4.90 Å². The molecule has 4 rings (SSSR count). The highest BCUT2D eigenvalue weighted by Gasteiger charge is 2.47. The molecule has 1 N–H and O–H groups in total. The van der Waals surface area contributed by atoms with Crippen LogP contribution in [0, 0.1) is 5.41 Å². The van der Waals surface area contributed by atoms with Gasteiger partial charge >= 0.3 is 0 Å². The molecule has 1 aliphatic heterocycles. The topological polar surface area (TPSA) is 65.1 Å². The van der Waals surface area contributed by atoms with Gasteiger partial charge in [-0.2, -0.15) is 0 Å². The molecule has 1 spiro atoms. The highest BCUT2D eigenvalue weighted by atomic mass is 16.2. The number of fused-ring (bicyclic) bond motifs is 1. The van der Waals surface area contributed by atoms with E-state index in [1.54, 1.807) is 6.33 Å². The Morgan fingerprint density at radius 2 is 2.17 bits per heavy atom. The number of nitrogens with one attached hydrogen (secondary N) is 1. The Balaban J connectivity index is 1.61. The molecule has 2 aromatic heterocycles. The van der Waals surface area contributed by atoms with Crippen LogP contribution in [0.15, 0.2) is 18.6 Å². The number of hydrogen-bond acceptors (Lipinski definition) is 4. The first-order valence-corrected chi connectivity index (χ1v) is 8.52. The fraction of sp³-hybridized carbons (Fsp3) is 0.588. The quantitative estimate of drug-likeness (QED) is 0.943. The van der Waals surface area contributed by atoms with Gasteiger partial charge in [0.1, 0.15) is 17.8 Å². The van der Waals surface area contributed by atoms with Crippen LogP contribution in [-0.4, -0.2) is 51.9 Å². The van der Waals surface area contributed by atoms with Gasteiger partial charge in [0.15, 0.2) is 0 Å². The average molecular weight is 313 g/mol. The van der Waals surface area contributed by atoms with Crippen LogP contribution in [0.3, 0.4) is 0 Å². The molecule has 0 unspecified atom stereocenters. The lowest BCUT2D eigenvalue weighted by atomic mass is 10.1. The first kappa shape index (κ1) is 14.5. The van der Waals surface area contributed by atoms with Crippen LogP contribution in [-0.2, 0) is 4.79 Å². The van der Waals surface area contributed by atoms with Crippen molar-refractivity contribution in [3.05, 3.63) is 18.6 Å². The number of aromatic nitrogens is 3. The number of H-pyrrole nitrogens is 1. The Morgan fingerprint density at radius 3 is 2.96 bits per heavy atom. The molecule has 1 amide bonds. The average Bonchev–Trinajstić information content (AvgIpc) is 3.19. The maximum absolute atomic E-state index is 12.4. The first-order valence-electron chi connectivity index (χ1n) is 8.52. The van der Waals surface area contributed by atoms with E-state index in [0.717, 1.165) is 49.5 Å². The predicted molar refractivity (Wildman–Crippen MR) is 89.3 cm³/mol. The first-order chi connectivity index (χ1) is 11.2. The van der Waals surface area contributed by atoms with E-state index in [2.05, 4.69) is 31.7 Å². The Morgan fingerprint density at radius 1 is 1.30 bits per heavy atom. The summed E-state index contributed by atoms with van der Waals surface area (Å²) >= 11 is 0. The van der Waals surface area contributed by atoms with Crippen molar-refractivity contribution in [3.63, 3.8) is 0 Å². The minimum absolute atomic E-state index is 0.271. The van der Waals surface area contributed by atoms with E-state index < -0.39 is 0 Å². The lowest BCUT2D eigenvalue weighted by molar-refractivity contribution is -0.131. The van der Waals surface area contributed by atoms with E-state index >= 15 is 0 Å².